The van der Waals surface area contributed by atoms with Gasteiger partial charge in [0, 0.05) is 10.4 Å². The number of aryl methyl sites for hydroxylation is 1. The lowest BCUT2D eigenvalue weighted by molar-refractivity contribution is -0.254. The van der Waals surface area contributed by atoms with Gasteiger partial charge in [-0.2, -0.15) is 5.26 Å². The summed E-state index contributed by atoms with van der Waals surface area (Å²) in [5.74, 6) is -2.06. The number of carbonyl (C=O) groups excluding carboxylic acids is 2. The van der Waals surface area contributed by atoms with E-state index in [1.54, 1.807) is 6.07 Å². The Morgan fingerprint density at radius 2 is 2.05 bits per heavy atom. The second-order valence-electron chi connectivity index (χ2n) is 4.42. The van der Waals surface area contributed by atoms with Gasteiger partial charge in [0.1, 0.15) is 11.6 Å². The van der Waals surface area contributed by atoms with Crippen molar-refractivity contribution in [2.75, 3.05) is 5.32 Å². The van der Waals surface area contributed by atoms with E-state index in [0.29, 0.717) is 0 Å². The van der Waals surface area contributed by atoms with Crippen LogP contribution < -0.4 is 10.4 Å². The van der Waals surface area contributed by atoms with Crippen LogP contribution in [0.25, 0.3) is 6.08 Å². The molecule has 0 saturated heterocycles. The maximum absolute atomic E-state index is 12.1. The number of aromatic carboxylic acids is 1. The minimum absolute atomic E-state index is 0.0940. The summed E-state index contributed by atoms with van der Waals surface area (Å²) in [6, 6.07) is 9.58. The number of carbonyl (C=O) groups is 2. The van der Waals surface area contributed by atoms with Gasteiger partial charge in [-0.25, -0.2) is 0 Å². The Balaban J connectivity index is 2.29. The average Bonchev–Trinajstić information content (AvgIpc) is 2.90. The van der Waals surface area contributed by atoms with Gasteiger partial charge in [0.05, 0.1) is 11.7 Å². The predicted molar refractivity (Wildman–Crippen MR) is 82.0 cm³/mol. The molecule has 2 aromatic rings. The Bertz CT molecular complexity index is 800. The van der Waals surface area contributed by atoms with Gasteiger partial charge in [-0.15, -0.1) is 11.3 Å². The van der Waals surface area contributed by atoms with Crippen molar-refractivity contribution in [3.63, 3.8) is 0 Å². The topological polar surface area (TPSA) is 93.0 Å². The Morgan fingerprint density at radius 1 is 1.32 bits per heavy atom. The van der Waals surface area contributed by atoms with Gasteiger partial charge >= 0.3 is 0 Å². The van der Waals surface area contributed by atoms with Crippen molar-refractivity contribution < 1.29 is 14.7 Å². The minimum atomic E-state index is -1.40. The molecule has 2 rings (SSSR count). The first kappa shape index (κ1) is 15.5. The molecular formula is C16H11N2O3S-. The number of anilines is 1. The first-order valence-electron chi connectivity index (χ1n) is 6.30. The van der Waals surface area contributed by atoms with E-state index >= 15 is 0 Å². The molecule has 1 amide bonds. The van der Waals surface area contributed by atoms with Crippen LogP contribution >= 0.6 is 11.3 Å². The molecule has 1 N–H and O–H groups in total. The standard InChI is InChI=1S/C16H12N2O3S/c1-10-6-7-22-14(10)8-11(9-17)15(19)18-13-5-3-2-4-12(13)16(20)21/h2-8H,1H3,(H,18,19)(H,20,21)/p-1/b11-8+. The molecular weight excluding hydrogens is 300 g/mol. The predicted octanol–water partition coefficient (Wildman–Crippen LogP) is 1.97. The largest absolute Gasteiger partial charge is 0.545 e. The molecule has 0 fully saturated rings. The fourth-order valence-corrected chi connectivity index (χ4v) is 2.63. The second-order valence-corrected chi connectivity index (χ2v) is 5.37. The molecule has 0 atom stereocenters. The SMILES string of the molecule is Cc1ccsc1/C=C(\C#N)C(=O)Nc1ccccc1C(=O)[O-]. The zero-order valence-electron chi connectivity index (χ0n) is 11.6. The van der Waals surface area contributed by atoms with Crippen LogP contribution in [0.1, 0.15) is 20.8 Å². The molecule has 0 aliphatic carbocycles. The van der Waals surface area contributed by atoms with Crippen molar-refractivity contribution in [1.29, 1.82) is 5.26 Å². The molecule has 0 unspecified atom stereocenters. The molecule has 1 aromatic carbocycles. The summed E-state index contributed by atoms with van der Waals surface area (Å²) in [5.41, 5.74) is 0.816. The number of nitrogens with one attached hydrogen (secondary N) is 1. The number of hydrogen-bond donors (Lipinski definition) is 1. The number of nitriles is 1. The van der Waals surface area contributed by atoms with E-state index in [-0.39, 0.29) is 16.8 Å². The number of nitrogens with zero attached hydrogens (tertiary/aromatic N) is 1. The molecule has 0 aliphatic heterocycles. The van der Waals surface area contributed by atoms with Crippen molar-refractivity contribution in [2.45, 2.75) is 6.92 Å². The van der Waals surface area contributed by atoms with Crippen molar-refractivity contribution in [1.82, 2.24) is 0 Å². The van der Waals surface area contributed by atoms with Gasteiger partial charge in [0.2, 0.25) is 0 Å². The highest BCUT2D eigenvalue weighted by Crippen LogP contribution is 2.20. The lowest BCUT2D eigenvalue weighted by Gasteiger charge is -2.11. The van der Waals surface area contributed by atoms with Gasteiger partial charge in [-0.1, -0.05) is 18.2 Å². The normalized spacial score (nSPS) is 10.8. The molecule has 0 spiro atoms. The van der Waals surface area contributed by atoms with Crippen LogP contribution in [0.2, 0.25) is 0 Å². The smallest absolute Gasteiger partial charge is 0.266 e. The van der Waals surface area contributed by atoms with Gasteiger partial charge in [0.15, 0.2) is 0 Å². The first-order valence-corrected chi connectivity index (χ1v) is 7.18. The van der Waals surface area contributed by atoms with Crippen molar-refractivity contribution in [2.24, 2.45) is 0 Å². The van der Waals surface area contributed by atoms with Crippen molar-refractivity contribution in [3.8, 4) is 6.07 Å². The van der Waals surface area contributed by atoms with Crippen molar-refractivity contribution >= 4 is 35.0 Å². The third-order valence-corrected chi connectivity index (χ3v) is 3.90. The highest BCUT2D eigenvalue weighted by atomic mass is 32.1. The fourth-order valence-electron chi connectivity index (χ4n) is 1.77. The summed E-state index contributed by atoms with van der Waals surface area (Å²) < 4.78 is 0. The highest BCUT2D eigenvalue weighted by molar-refractivity contribution is 7.11. The number of carboxylic acids is 1. The van der Waals surface area contributed by atoms with E-state index in [1.807, 2.05) is 24.4 Å². The molecule has 0 radical (unpaired) electrons. The summed E-state index contributed by atoms with van der Waals surface area (Å²) in [5, 5.41) is 24.4. The molecule has 0 bridgehead atoms. The van der Waals surface area contributed by atoms with Gasteiger partial charge in [-0.05, 0) is 36.1 Å². The number of amides is 1. The number of carboxylic acid groups (broad SMARTS) is 1. The lowest BCUT2D eigenvalue weighted by Crippen LogP contribution is -2.25. The monoisotopic (exact) mass is 311 g/mol. The van der Waals surface area contributed by atoms with Crippen LogP contribution in [-0.4, -0.2) is 11.9 Å². The van der Waals surface area contributed by atoms with Crippen LogP contribution in [0, 0.1) is 18.3 Å². The summed E-state index contributed by atoms with van der Waals surface area (Å²) in [7, 11) is 0. The molecule has 5 nitrogen and oxygen atoms in total. The third-order valence-electron chi connectivity index (χ3n) is 2.94. The summed E-state index contributed by atoms with van der Waals surface area (Å²) >= 11 is 1.41. The van der Waals surface area contributed by atoms with E-state index in [9.17, 15) is 14.7 Å². The highest BCUT2D eigenvalue weighted by Gasteiger charge is 2.13. The quantitative estimate of drug-likeness (QED) is 0.690. The number of benzene rings is 1. The van der Waals surface area contributed by atoms with E-state index < -0.39 is 11.9 Å². The van der Waals surface area contributed by atoms with Crippen LogP contribution in [0.4, 0.5) is 5.69 Å². The molecule has 6 heteroatoms. The third kappa shape index (κ3) is 3.40. The first-order chi connectivity index (χ1) is 10.5. The van der Waals surface area contributed by atoms with Gasteiger partial charge in [0.25, 0.3) is 5.91 Å². The number of para-hydroxylation sites is 1. The van der Waals surface area contributed by atoms with Crippen molar-refractivity contribution in [3.05, 3.63) is 57.3 Å². The van der Waals surface area contributed by atoms with Crippen LogP contribution in [-0.2, 0) is 4.79 Å². The zero-order chi connectivity index (χ0) is 16.1. The minimum Gasteiger partial charge on any atom is -0.545 e. The number of hydrogen-bond acceptors (Lipinski definition) is 5. The molecule has 1 heterocycles. The molecule has 110 valence electrons. The van der Waals surface area contributed by atoms with Crippen LogP contribution in [0.3, 0.4) is 0 Å². The van der Waals surface area contributed by atoms with E-state index in [1.165, 1.54) is 35.6 Å². The zero-order valence-corrected chi connectivity index (χ0v) is 12.4. The molecule has 0 aliphatic rings. The molecule has 22 heavy (non-hydrogen) atoms. The second kappa shape index (κ2) is 6.70. The van der Waals surface area contributed by atoms with E-state index in [4.69, 9.17) is 5.26 Å². The van der Waals surface area contributed by atoms with Gasteiger partial charge in [-0.3, -0.25) is 4.79 Å². The van der Waals surface area contributed by atoms with Crippen LogP contribution in [0.15, 0.2) is 41.3 Å². The Labute approximate surface area is 131 Å². The summed E-state index contributed by atoms with van der Waals surface area (Å²) in [6.07, 6.45) is 1.48. The Hall–Kier alpha value is -2.91. The maximum Gasteiger partial charge on any atom is 0.266 e. The molecule has 1 aromatic heterocycles. The van der Waals surface area contributed by atoms with E-state index in [0.717, 1.165) is 10.4 Å². The van der Waals surface area contributed by atoms with Gasteiger partial charge < -0.3 is 15.2 Å². The van der Waals surface area contributed by atoms with E-state index in [2.05, 4.69) is 5.32 Å². The maximum atomic E-state index is 12.1. The number of thiophene rings is 1. The number of rotatable bonds is 4. The Morgan fingerprint density at radius 3 is 2.64 bits per heavy atom. The van der Waals surface area contributed by atoms with Crippen LogP contribution in [0.5, 0.6) is 0 Å². The summed E-state index contributed by atoms with van der Waals surface area (Å²) in [4.78, 5) is 24.0. The summed E-state index contributed by atoms with van der Waals surface area (Å²) in [6.45, 7) is 1.88. The lowest BCUT2D eigenvalue weighted by atomic mass is 10.1. The average molecular weight is 311 g/mol. The Kier molecular flexibility index (Phi) is 4.71. The fraction of sp³-hybridized carbons (Fsp3) is 0.0625. The molecule has 0 saturated carbocycles.